The van der Waals surface area contributed by atoms with Crippen molar-refractivity contribution in [3.63, 3.8) is 0 Å². The van der Waals surface area contributed by atoms with Crippen molar-refractivity contribution in [2.45, 2.75) is 19.8 Å². The van der Waals surface area contributed by atoms with Gasteiger partial charge in [-0.1, -0.05) is 19.1 Å². The zero-order valence-electron chi connectivity index (χ0n) is 9.10. The van der Waals surface area contributed by atoms with Crippen LogP contribution in [0.3, 0.4) is 0 Å². The highest BCUT2D eigenvalue weighted by molar-refractivity contribution is 7.15. The predicted molar refractivity (Wildman–Crippen MR) is 66.3 cm³/mol. The SMILES string of the molecule is CCCc1ncc(-c2ccc(C#N)cc2)s1. The smallest absolute Gasteiger partial charge is 0.0991 e. The molecule has 0 aliphatic heterocycles. The first-order valence-corrected chi connectivity index (χ1v) is 6.10. The van der Waals surface area contributed by atoms with Crippen molar-refractivity contribution in [2.75, 3.05) is 0 Å². The summed E-state index contributed by atoms with van der Waals surface area (Å²) in [5.74, 6) is 0. The summed E-state index contributed by atoms with van der Waals surface area (Å²) in [4.78, 5) is 5.55. The summed E-state index contributed by atoms with van der Waals surface area (Å²) in [6.07, 6.45) is 4.08. The normalized spacial score (nSPS) is 10.0. The van der Waals surface area contributed by atoms with E-state index in [1.165, 1.54) is 9.88 Å². The van der Waals surface area contributed by atoms with Crippen LogP contribution in [0.25, 0.3) is 10.4 Å². The van der Waals surface area contributed by atoms with Gasteiger partial charge in [-0.15, -0.1) is 11.3 Å². The number of rotatable bonds is 3. The molecule has 0 radical (unpaired) electrons. The van der Waals surface area contributed by atoms with Crippen LogP contribution < -0.4 is 0 Å². The van der Waals surface area contributed by atoms with E-state index in [1.807, 2.05) is 30.5 Å². The van der Waals surface area contributed by atoms with E-state index < -0.39 is 0 Å². The lowest BCUT2D eigenvalue weighted by atomic mass is 10.1. The van der Waals surface area contributed by atoms with Crippen LogP contribution in [0, 0.1) is 11.3 Å². The van der Waals surface area contributed by atoms with Crippen molar-refractivity contribution in [1.82, 2.24) is 4.98 Å². The third-order valence-corrected chi connectivity index (χ3v) is 3.42. The second-order valence-electron chi connectivity index (χ2n) is 3.56. The van der Waals surface area contributed by atoms with E-state index >= 15 is 0 Å². The molecule has 0 unspecified atom stereocenters. The third-order valence-electron chi connectivity index (χ3n) is 2.32. The Bertz CT molecular complexity index is 505. The summed E-state index contributed by atoms with van der Waals surface area (Å²) in [7, 11) is 0. The van der Waals surface area contributed by atoms with Gasteiger partial charge in [-0.2, -0.15) is 5.26 Å². The van der Waals surface area contributed by atoms with Gasteiger partial charge in [0.25, 0.3) is 0 Å². The average molecular weight is 228 g/mol. The zero-order chi connectivity index (χ0) is 11.4. The first kappa shape index (κ1) is 10.8. The highest BCUT2D eigenvalue weighted by atomic mass is 32.1. The summed E-state index contributed by atoms with van der Waals surface area (Å²) in [6.45, 7) is 2.16. The van der Waals surface area contributed by atoms with Crippen molar-refractivity contribution < 1.29 is 0 Å². The Morgan fingerprint density at radius 3 is 2.69 bits per heavy atom. The van der Waals surface area contributed by atoms with Crippen molar-refractivity contribution in [3.8, 4) is 16.5 Å². The molecule has 0 saturated heterocycles. The first-order valence-electron chi connectivity index (χ1n) is 5.28. The Hall–Kier alpha value is -1.66. The van der Waals surface area contributed by atoms with Gasteiger partial charge in [-0.25, -0.2) is 4.98 Å². The minimum Gasteiger partial charge on any atom is -0.249 e. The van der Waals surface area contributed by atoms with Crippen molar-refractivity contribution in [3.05, 3.63) is 41.0 Å². The molecule has 0 bridgehead atoms. The lowest BCUT2D eigenvalue weighted by Gasteiger charge is -1.95. The van der Waals surface area contributed by atoms with E-state index in [0.717, 1.165) is 18.4 Å². The largest absolute Gasteiger partial charge is 0.249 e. The molecule has 2 nitrogen and oxygen atoms in total. The Morgan fingerprint density at radius 1 is 1.31 bits per heavy atom. The average Bonchev–Trinajstić information content (AvgIpc) is 2.78. The molecule has 0 atom stereocenters. The van der Waals surface area contributed by atoms with Gasteiger partial charge in [-0.05, 0) is 30.5 Å². The summed E-state index contributed by atoms with van der Waals surface area (Å²) in [5.41, 5.74) is 1.83. The maximum atomic E-state index is 8.71. The Balaban J connectivity index is 2.25. The van der Waals surface area contributed by atoms with E-state index in [4.69, 9.17) is 5.26 Å². The second-order valence-corrected chi connectivity index (χ2v) is 4.67. The van der Waals surface area contributed by atoms with Gasteiger partial charge in [0.05, 0.1) is 21.5 Å². The second kappa shape index (κ2) is 4.91. The Morgan fingerprint density at radius 2 is 2.06 bits per heavy atom. The number of nitriles is 1. The molecule has 0 spiro atoms. The van der Waals surface area contributed by atoms with E-state index in [-0.39, 0.29) is 0 Å². The van der Waals surface area contributed by atoms with Crippen molar-refractivity contribution >= 4 is 11.3 Å². The zero-order valence-corrected chi connectivity index (χ0v) is 9.92. The molecule has 1 aromatic heterocycles. The molecule has 0 fully saturated rings. The number of hydrogen-bond acceptors (Lipinski definition) is 3. The molecule has 0 saturated carbocycles. The van der Waals surface area contributed by atoms with Gasteiger partial charge >= 0.3 is 0 Å². The number of aryl methyl sites for hydroxylation is 1. The van der Waals surface area contributed by atoms with Gasteiger partial charge in [-0.3, -0.25) is 0 Å². The third kappa shape index (κ3) is 2.29. The lowest BCUT2D eigenvalue weighted by Crippen LogP contribution is -1.76. The fraction of sp³-hybridized carbons (Fsp3) is 0.231. The highest BCUT2D eigenvalue weighted by Crippen LogP contribution is 2.26. The van der Waals surface area contributed by atoms with E-state index in [9.17, 15) is 0 Å². The predicted octanol–water partition coefficient (Wildman–Crippen LogP) is 3.63. The summed E-state index contributed by atoms with van der Waals surface area (Å²) in [5, 5.41) is 9.90. The van der Waals surface area contributed by atoms with Crippen molar-refractivity contribution in [2.24, 2.45) is 0 Å². The van der Waals surface area contributed by atoms with Crippen molar-refractivity contribution in [1.29, 1.82) is 5.26 Å². The summed E-state index contributed by atoms with van der Waals surface area (Å²) >= 11 is 1.73. The molecule has 1 aromatic carbocycles. The minimum atomic E-state index is 0.696. The standard InChI is InChI=1S/C13H12N2S/c1-2-3-13-15-9-12(16-13)11-6-4-10(8-14)5-7-11/h4-7,9H,2-3H2,1H3. The van der Waals surface area contributed by atoms with Gasteiger partial charge in [0.15, 0.2) is 0 Å². The maximum absolute atomic E-state index is 8.71. The van der Waals surface area contributed by atoms with Crippen LogP contribution in [-0.4, -0.2) is 4.98 Å². The number of hydrogen-bond donors (Lipinski definition) is 0. The van der Waals surface area contributed by atoms with Crippen LogP contribution in [0.15, 0.2) is 30.5 Å². The fourth-order valence-corrected chi connectivity index (χ4v) is 2.51. The fourth-order valence-electron chi connectivity index (χ4n) is 1.48. The molecular formula is C13H12N2S. The van der Waals surface area contributed by atoms with Crippen LogP contribution in [0.4, 0.5) is 0 Å². The van der Waals surface area contributed by atoms with Crippen LogP contribution in [-0.2, 0) is 6.42 Å². The lowest BCUT2D eigenvalue weighted by molar-refractivity contribution is 0.909. The van der Waals surface area contributed by atoms with E-state index in [2.05, 4.69) is 18.0 Å². The van der Waals surface area contributed by atoms with Crippen LogP contribution >= 0.6 is 11.3 Å². The molecule has 0 amide bonds. The highest BCUT2D eigenvalue weighted by Gasteiger charge is 2.03. The number of benzene rings is 1. The minimum absolute atomic E-state index is 0.696. The first-order chi connectivity index (χ1) is 7.83. The number of aromatic nitrogens is 1. The van der Waals surface area contributed by atoms with Gasteiger partial charge in [0, 0.05) is 6.20 Å². The Labute approximate surface area is 99.2 Å². The topological polar surface area (TPSA) is 36.7 Å². The molecular weight excluding hydrogens is 216 g/mol. The molecule has 0 N–H and O–H groups in total. The van der Waals surface area contributed by atoms with E-state index in [0.29, 0.717) is 5.56 Å². The molecule has 2 aromatic rings. The molecule has 0 aliphatic rings. The van der Waals surface area contributed by atoms with Gasteiger partial charge < -0.3 is 0 Å². The van der Waals surface area contributed by atoms with E-state index in [1.54, 1.807) is 11.3 Å². The van der Waals surface area contributed by atoms with Gasteiger partial charge in [0.1, 0.15) is 0 Å². The quantitative estimate of drug-likeness (QED) is 0.804. The van der Waals surface area contributed by atoms with Crippen LogP contribution in [0.5, 0.6) is 0 Å². The Kier molecular flexibility index (Phi) is 3.33. The molecule has 0 aliphatic carbocycles. The number of nitrogens with zero attached hydrogens (tertiary/aromatic N) is 2. The number of thiazole rings is 1. The molecule has 16 heavy (non-hydrogen) atoms. The molecule has 1 heterocycles. The monoisotopic (exact) mass is 228 g/mol. The molecule has 80 valence electrons. The van der Waals surface area contributed by atoms with Crippen LogP contribution in [0.2, 0.25) is 0 Å². The molecule has 2 rings (SSSR count). The maximum Gasteiger partial charge on any atom is 0.0991 e. The summed E-state index contributed by atoms with van der Waals surface area (Å²) in [6, 6.07) is 9.75. The van der Waals surface area contributed by atoms with Gasteiger partial charge in [0.2, 0.25) is 0 Å². The summed E-state index contributed by atoms with van der Waals surface area (Å²) < 4.78 is 0. The van der Waals surface area contributed by atoms with Crippen LogP contribution in [0.1, 0.15) is 23.9 Å². The molecule has 3 heteroatoms.